The molecule has 0 fully saturated rings. The second-order valence-electron chi connectivity index (χ2n) is 3.11. The van der Waals surface area contributed by atoms with E-state index >= 15 is 0 Å². The van der Waals surface area contributed by atoms with Crippen LogP contribution in [0.4, 0.5) is 0 Å². The van der Waals surface area contributed by atoms with E-state index in [1.54, 1.807) is 0 Å². The van der Waals surface area contributed by atoms with E-state index in [0.29, 0.717) is 5.92 Å². The lowest BCUT2D eigenvalue weighted by Gasteiger charge is -2.17. The lowest BCUT2D eigenvalue weighted by atomic mass is 10.0. The highest BCUT2D eigenvalue weighted by atomic mass is 32.1. The molecule has 0 radical (unpaired) electrons. The molecule has 1 aromatic heterocycles. The molecule has 0 aliphatic heterocycles. The number of nitrogens with two attached hydrogens (primary N) is 1. The quantitative estimate of drug-likeness (QED) is 0.546. The third-order valence-corrected chi connectivity index (χ3v) is 2.72. The first-order valence-corrected chi connectivity index (χ1v) is 4.69. The minimum atomic E-state index is 0.171. The van der Waals surface area contributed by atoms with E-state index in [-0.39, 0.29) is 6.04 Å². The van der Waals surface area contributed by atoms with Crippen molar-refractivity contribution in [2.24, 2.45) is 11.8 Å². The van der Waals surface area contributed by atoms with Crippen LogP contribution in [0.3, 0.4) is 0 Å². The molecule has 0 spiro atoms. The molecule has 1 unspecified atom stereocenters. The minimum absolute atomic E-state index is 0.171. The van der Waals surface area contributed by atoms with E-state index in [1.165, 1.54) is 11.5 Å². The predicted molar refractivity (Wildman–Crippen MR) is 49.5 cm³/mol. The van der Waals surface area contributed by atoms with E-state index in [9.17, 15) is 0 Å². The van der Waals surface area contributed by atoms with Gasteiger partial charge in [-0.2, -0.15) is 0 Å². The lowest BCUT2D eigenvalue weighted by Crippen LogP contribution is -2.31. The van der Waals surface area contributed by atoms with Crippen LogP contribution in [-0.2, 0) is 0 Å². The molecule has 0 aromatic carbocycles. The third-order valence-electron chi connectivity index (χ3n) is 1.82. The van der Waals surface area contributed by atoms with Crippen LogP contribution in [0.15, 0.2) is 0 Å². The van der Waals surface area contributed by atoms with Crippen LogP contribution >= 0.6 is 11.5 Å². The van der Waals surface area contributed by atoms with E-state index in [4.69, 9.17) is 5.84 Å². The number of aryl methyl sites for hydroxylation is 1. The van der Waals surface area contributed by atoms with Crippen LogP contribution in [0.2, 0.25) is 0 Å². The standard InChI is InChI=1S/C7H14N4S/c1-4(2)6(9-8)7-5(3)10-11-12-7/h4,6,9H,8H2,1-3H3. The predicted octanol–water partition coefficient (Wildman–Crippen LogP) is 1.01. The van der Waals surface area contributed by atoms with Gasteiger partial charge in [0, 0.05) is 0 Å². The number of nitrogens with zero attached hydrogens (tertiary/aromatic N) is 2. The molecule has 0 aliphatic rings. The molecule has 5 heteroatoms. The third kappa shape index (κ3) is 1.80. The molecule has 3 N–H and O–H groups in total. The maximum atomic E-state index is 5.43. The molecule has 4 nitrogen and oxygen atoms in total. The van der Waals surface area contributed by atoms with Crippen LogP contribution in [0.1, 0.15) is 30.5 Å². The molecule has 1 heterocycles. The van der Waals surface area contributed by atoms with Crippen LogP contribution < -0.4 is 11.3 Å². The van der Waals surface area contributed by atoms with Crippen molar-refractivity contribution in [2.45, 2.75) is 26.8 Å². The molecular weight excluding hydrogens is 172 g/mol. The fourth-order valence-corrected chi connectivity index (χ4v) is 1.97. The number of hydrogen-bond donors (Lipinski definition) is 2. The molecule has 0 bridgehead atoms. The number of rotatable bonds is 3. The van der Waals surface area contributed by atoms with E-state index < -0.39 is 0 Å². The Labute approximate surface area is 76.3 Å². The average Bonchev–Trinajstić information content (AvgIpc) is 2.38. The Morgan fingerprint density at radius 2 is 2.17 bits per heavy atom. The van der Waals surface area contributed by atoms with Crippen molar-refractivity contribution in [3.05, 3.63) is 10.6 Å². The second-order valence-corrected chi connectivity index (χ2v) is 3.90. The monoisotopic (exact) mass is 186 g/mol. The highest BCUT2D eigenvalue weighted by molar-refractivity contribution is 7.05. The summed E-state index contributed by atoms with van der Waals surface area (Å²) in [5.41, 5.74) is 3.74. The summed E-state index contributed by atoms with van der Waals surface area (Å²) < 4.78 is 3.87. The maximum absolute atomic E-state index is 5.43. The zero-order valence-corrected chi connectivity index (χ0v) is 8.35. The molecule has 1 aromatic rings. The lowest BCUT2D eigenvalue weighted by molar-refractivity contribution is 0.425. The van der Waals surface area contributed by atoms with Gasteiger partial charge in [0.25, 0.3) is 0 Å². The van der Waals surface area contributed by atoms with Crippen molar-refractivity contribution in [1.82, 2.24) is 15.0 Å². The Morgan fingerprint density at radius 3 is 2.50 bits per heavy atom. The van der Waals surface area contributed by atoms with Crippen molar-refractivity contribution >= 4 is 11.5 Å². The van der Waals surface area contributed by atoms with Crippen molar-refractivity contribution in [3.63, 3.8) is 0 Å². The van der Waals surface area contributed by atoms with Gasteiger partial charge >= 0.3 is 0 Å². The van der Waals surface area contributed by atoms with E-state index in [0.717, 1.165) is 10.6 Å². The first-order valence-electron chi connectivity index (χ1n) is 3.91. The topological polar surface area (TPSA) is 63.8 Å². The first kappa shape index (κ1) is 9.57. The molecule has 68 valence electrons. The smallest absolute Gasteiger partial charge is 0.0773 e. The summed E-state index contributed by atoms with van der Waals surface area (Å²) in [6.45, 7) is 6.18. The van der Waals surface area contributed by atoms with E-state index in [1.807, 2.05) is 6.92 Å². The van der Waals surface area contributed by atoms with Crippen LogP contribution in [0.5, 0.6) is 0 Å². The largest absolute Gasteiger partial charge is 0.271 e. The van der Waals surface area contributed by atoms with Crippen molar-refractivity contribution in [2.75, 3.05) is 0 Å². The molecule has 12 heavy (non-hydrogen) atoms. The van der Waals surface area contributed by atoms with Gasteiger partial charge in [0.15, 0.2) is 0 Å². The summed E-state index contributed by atoms with van der Waals surface area (Å²) in [4.78, 5) is 1.13. The molecule has 0 saturated heterocycles. The van der Waals surface area contributed by atoms with Crippen LogP contribution in [0, 0.1) is 12.8 Å². The van der Waals surface area contributed by atoms with Crippen LogP contribution in [0.25, 0.3) is 0 Å². The Morgan fingerprint density at radius 1 is 1.50 bits per heavy atom. The van der Waals surface area contributed by atoms with Gasteiger partial charge in [-0.15, -0.1) is 5.10 Å². The highest BCUT2D eigenvalue weighted by Crippen LogP contribution is 2.25. The summed E-state index contributed by atoms with van der Waals surface area (Å²) in [5.74, 6) is 5.89. The zero-order valence-electron chi connectivity index (χ0n) is 7.53. The van der Waals surface area contributed by atoms with Gasteiger partial charge in [-0.05, 0) is 24.4 Å². The Kier molecular flexibility index (Phi) is 3.13. The van der Waals surface area contributed by atoms with Gasteiger partial charge < -0.3 is 0 Å². The second kappa shape index (κ2) is 3.93. The number of aromatic nitrogens is 2. The Bertz CT molecular complexity index is 245. The van der Waals surface area contributed by atoms with Crippen LogP contribution in [-0.4, -0.2) is 9.59 Å². The van der Waals surface area contributed by atoms with E-state index in [2.05, 4.69) is 28.9 Å². The van der Waals surface area contributed by atoms with Gasteiger partial charge in [-0.1, -0.05) is 18.3 Å². The molecule has 1 rings (SSSR count). The first-order chi connectivity index (χ1) is 5.66. The number of nitrogens with one attached hydrogen (secondary N) is 1. The Hall–Kier alpha value is -0.520. The Balaban J connectivity index is 2.87. The molecule has 1 atom stereocenters. The van der Waals surface area contributed by atoms with Gasteiger partial charge in [0.2, 0.25) is 0 Å². The molecule has 0 amide bonds. The molecule has 0 aliphatic carbocycles. The summed E-state index contributed by atoms with van der Waals surface area (Å²) in [7, 11) is 0. The summed E-state index contributed by atoms with van der Waals surface area (Å²) in [6, 6.07) is 0.171. The molecule has 0 saturated carbocycles. The summed E-state index contributed by atoms with van der Waals surface area (Å²) >= 11 is 1.41. The zero-order chi connectivity index (χ0) is 9.14. The van der Waals surface area contributed by atoms with Gasteiger partial charge in [-0.3, -0.25) is 11.3 Å². The van der Waals surface area contributed by atoms with Crippen molar-refractivity contribution in [1.29, 1.82) is 0 Å². The normalized spacial score (nSPS) is 13.8. The summed E-state index contributed by atoms with van der Waals surface area (Å²) in [5, 5.41) is 3.94. The van der Waals surface area contributed by atoms with Crippen molar-refractivity contribution < 1.29 is 0 Å². The minimum Gasteiger partial charge on any atom is -0.271 e. The summed E-state index contributed by atoms with van der Waals surface area (Å²) in [6.07, 6.45) is 0. The highest BCUT2D eigenvalue weighted by Gasteiger charge is 2.18. The van der Waals surface area contributed by atoms with Gasteiger partial charge in [0.1, 0.15) is 0 Å². The fourth-order valence-electron chi connectivity index (χ4n) is 1.09. The SMILES string of the molecule is Cc1nnsc1C(NN)C(C)C. The van der Waals surface area contributed by atoms with Gasteiger partial charge in [0.05, 0.1) is 16.6 Å². The van der Waals surface area contributed by atoms with Gasteiger partial charge in [-0.25, -0.2) is 0 Å². The number of hydrogen-bond acceptors (Lipinski definition) is 5. The average molecular weight is 186 g/mol. The number of hydrazine groups is 1. The van der Waals surface area contributed by atoms with Crippen molar-refractivity contribution in [3.8, 4) is 0 Å². The molecular formula is C7H14N4S. The fraction of sp³-hybridized carbons (Fsp3) is 0.714. The maximum Gasteiger partial charge on any atom is 0.0773 e.